The van der Waals surface area contributed by atoms with Crippen LogP contribution in [0, 0.1) is 0 Å². The molecule has 0 aliphatic heterocycles. The van der Waals surface area contributed by atoms with Gasteiger partial charge in [-0.2, -0.15) is 0 Å². The summed E-state index contributed by atoms with van der Waals surface area (Å²) >= 11 is 12.6. The second-order valence-corrected chi connectivity index (χ2v) is 7.34. The first-order chi connectivity index (χ1) is 14.7. The van der Waals surface area contributed by atoms with Gasteiger partial charge in [-0.25, -0.2) is 4.98 Å². The van der Waals surface area contributed by atoms with Gasteiger partial charge < -0.3 is 19.5 Å². The third-order valence-corrected chi connectivity index (χ3v) is 5.10. The van der Waals surface area contributed by atoms with E-state index in [2.05, 4.69) is 10.3 Å². The minimum atomic E-state index is 0.334. The summed E-state index contributed by atoms with van der Waals surface area (Å²) in [5.41, 5.74) is 1.83. The molecule has 2 aromatic carbocycles. The number of rotatable bonds is 11. The van der Waals surface area contributed by atoms with Gasteiger partial charge in [-0.05, 0) is 36.7 Å². The fourth-order valence-electron chi connectivity index (χ4n) is 2.79. The molecule has 0 fully saturated rings. The third kappa shape index (κ3) is 6.52. The first-order valence-electron chi connectivity index (χ1n) is 9.64. The second-order valence-electron chi connectivity index (χ2n) is 6.52. The summed E-state index contributed by atoms with van der Waals surface area (Å²) in [4.78, 5) is 4.13. The van der Waals surface area contributed by atoms with Crippen LogP contribution in [0.3, 0.4) is 0 Å². The van der Waals surface area contributed by atoms with Gasteiger partial charge in [-0.1, -0.05) is 47.5 Å². The molecule has 0 unspecified atom stereocenters. The van der Waals surface area contributed by atoms with Crippen molar-refractivity contribution in [2.24, 2.45) is 0 Å². The molecular formula is C23H24Cl2N2O3. The normalized spacial score (nSPS) is 10.6. The van der Waals surface area contributed by atoms with Crippen molar-refractivity contribution >= 4 is 23.2 Å². The van der Waals surface area contributed by atoms with Crippen molar-refractivity contribution in [1.29, 1.82) is 0 Å². The quantitative estimate of drug-likeness (QED) is 0.392. The summed E-state index contributed by atoms with van der Waals surface area (Å²) in [6.07, 6.45) is 2.56. The molecule has 0 atom stereocenters. The molecule has 0 amide bonds. The van der Waals surface area contributed by atoms with E-state index >= 15 is 0 Å². The van der Waals surface area contributed by atoms with Crippen LogP contribution in [0.5, 0.6) is 17.4 Å². The standard InChI is InChI=1S/C23H24Cl2N2O3/c1-28-21-13-18(15-26-10-6-12-29-23-9-4-5-11-27-23)20(25)14-22(21)30-16-17-7-2-3-8-19(17)24/h2-5,7-9,11,13-14,26H,6,10,12,15-16H2,1H3. The highest BCUT2D eigenvalue weighted by Crippen LogP contribution is 2.34. The molecule has 5 nitrogen and oxygen atoms in total. The van der Waals surface area contributed by atoms with Gasteiger partial charge in [0.25, 0.3) is 0 Å². The number of nitrogens with one attached hydrogen (secondary N) is 1. The monoisotopic (exact) mass is 446 g/mol. The topological polar surface area (TPSA) is 52.6 Å². The number of pyridine rings is 1. The van der Waals surface area contributed by atoms with Gasteiger partial charge in [0.05, 0.1) is 13.7 Å². The van der Waals surface area contributed by atoms with Crippen molar-refractivity contribution in [3.8, 4) is 17.4 Å². The van der Waals surface area contributed by atoms with Crippen molar-refractivity contribution in [3.05, 3.63) is 82.0 Å². The summed E-state index contributed by atoms with van der Waals surface area (Å²) < 4.78 is 17.0. The van der Waals surface area contributed by atoms with Gasteiger partial charge in [0.2, 0.25) is 5.88 Å². The van der Waals surface area contributed by atoms with Crippen molar-refractivity contribution in [2.75, 3.05) is 20.3 Å². The Hall–Kier alpha value is -2.47. The van der Waals surface area contributed by atoms with E-state index < -0.39 is 0 Å². The molecule has 1 N–H and O–H groups in total. The largest absolute Gasteiger partial charge is 0.493 e. The first-order valence-corrected chi connectivity index (χ1v) is 10.4. The molecule has 0 saturated heterocycles. The Morgan fingerprint density at radius 3 is 2.50 bits per heavy atom. The average molecular weight is 447 g/mol. The fourth-order valence-corrected chi connectivity index (χ4v) is 3.20. The molecule has 3 rings (SSSR count). The summed E-state index contributed by atoms with van der Waals surface area (Å²) in [6, 6.07) is 16.8. The highest BCUT2D eigenvalue weighted by molar-refractivity contribution is 6.31. The lowest BCUT2D eigenvalue weighted by atomic mass is 10.2. The molecule has 30 heavy (non-hydrogen) atoms. The van der Waals surface area contributed by atoms with E-state index in [0.29, 0.717) is 47.2 Å². The Balaban J connectivity index is 1.49. The van der Waals surface area contributed by atoms with Gasteiger partial charge in [-0.3, -0.25) is 0 Å². The Bertz CT molecular complexity index is 939. The molecule has 3 aromatic rings. The predicted molar refractivity (Wildman–Crippen MR) is 120 cm³/mol. The fraction of sp³-hybridized carbons (Fsp3) is 0.261. The summed E-state index contributed by atoms with van der Waals surface area (Å²) in [5.74, 6) is 1.84. The van der Waals surface area contributed by atoms with Gasteiger partial charge in [0, 0.05) is 40.5 Å². The summed E-state index contributed by atoms with van der Waals surface area (Å²) in [5, 5.41) is 4.64. The van der Waals surface area contributed by atoms with Crippen LogP contribution in [-0.2, 0) is 13.2 Å². The molecule has 1 aromatic heterocycles. The minimum absolute atomic E-state index is 0.334. The lowest BCUT2D eigenvalue weighted by Gasteiger charge is -2.15. The Labute approximate surface area is 186 Å². The van der Waals surface area contributed by atoms with Crippen molar-refractivity contribution in [3.63, 3.8) is 0 Å². The maximum atomic E-state index is 6.46. The van der Waals surface area contributed by atoms with Crippen molar-refractivity contribution in [2.45, 2.75) is 19.6 Å². The van der Waals surface area contributed by atoms with Gasteiger partial charge in [0.15, 0.2) is 11.5 Å². The Kier molecular flexibility index (Phi) is 8.63. The number of hydrogen-bond donors (Lipinski definition) is 1. The van der Waals surface area contributed by atoms with Crippen LogP contribution in [0.1, 0.15) is 17.5 Å². The van der Waals surface area contributed by atoms with Crippen LogP contribution < -0.4 is 19.5 Å². The molecule has 158 valence electrons. The molecular weight excluding hydrogens is 423 g/mol. The molecule has 7 heteroatoms. The number of hydrogen-bond acceptors (Lipinski definition) is 5. The van der Waals surface area contributed by atoms with Crippen molar-refractivity contribution in [1.82, 2.24) is 10.3 Å². The highest BCUT2D eigenvalue weighted by Gasteiger charge is 2.11. The number of ether oxygens (including phenoxy) is 3. The molecule has 0 radical (unpaired) electrons. The first kappa shape index (κ1) is 22.2. The zero-order chi connectivity index (χ0) is 21.2. The van der Waals surface area contributed by atoms with Gasteiger partial charge in [0.1, 0.15) is 6.61 Å². The lowest BCUT2D eigenvalue weighted by Crippen LogP contribution is -2.17. The number of nitrogens with zero attached hydrogens (tertiary/aromatic N) is 1. The lowest BCUT2D eigenvalue weighted by molar-refractivity contribution is 0.284. The van der Waals surface area contributed by atoms with Gasteiger partial charge >= 0.3 is 0 Å². The van der Waals surface area contributed by atoms with Crippen LogP contribution in [0.2, 0.25) is 10.0 Å². The molecule has 0 aliphatic carbocycles. The van der Waals surface area contributed by atoms with E-state index in [1.54, 1.807) is 19.4 Å². The van der Waals surface area contributed by atoms with Crippen molar-refractivity contribution < 1.29 is 14.2 Å². The molecule has 0 bridgehead atoms. The van der Waals surface area contributed by atoms with E-state index in [4.69, 9.17) is 37.4 Å². The zero-order valence-electron chi connectivity index (χ0n) is 16.7. The van der Waals surface area contributed by atoms with Crippen LogP contribution in [0.4, 0.5) is 0 Å². The van der Waals surface area contributed by atoms with Crippen LogP contribution in [-0.4, -0.2) is 25.2 Å². The Morgan fingerprint density at radius 1 is 0.900 bits per heavy atom. The number of halogens is 2. The van der Waals surface area contributed by atoms with E-state index in [-0.39, 0.29) is 0 Å². The molecule has 0 saturated carbocycles. The maximum Gasteiger partial charge on any atom is 0.213 e. The SMILES string of the molecule is COc1cc(CNCCCOc2ccccn2)c(Cl)cc1OCc1ccccc1Cl. The Morgan fingerprint density at radius 2 is 1.73 bits per heavy atom. The zero-order valence-corrected chi connectivity index (χ0v) is 18.2. The third-order valence-electron chi connectivity index (χ3n) is 4.37. The number of aromatic nitrogens is 1. The molecule has 1 heterocycles. The van der Waals surface area contributed by atoms with E-state index in [1.165, 1.54) is 0 Å². The molecule has 0 aliphatic rings. The number of methoxy groups -OCH3 is 1. The van der Waals surface area contributed by atoms with E-state index in [1.807, 2.05) is 48.5 Å². The average Bonchev–Trinajstić information content (AvgIpc) is 2.77. The van der Waals surface area contributed by atoms with Gasteiger partial charge in [-0.15, -0.1) is 0 Å². The molecule has 0 spiro atoms. The minimum Gasteiger partial charge on any atom is -0.493 e. The summed E-state index contributed by atoms with van der Waals surface area (Å²) in [6.45, 7) is 2.33. The van der Waals surface area contributed by atoms with Crippen LogP contribution in [0.15, 0.2) is 60.8 Å². The van der Waals surface area contributed by atoms with Crippen LogP contribution in [0.25, 0.3) is 0 Å². The maximum absolute atomic E-state index is 6.46. The smallest absolute Gasteiger partial charge is 0.213 e. The number of benzene rings is 2. The highest BCUT2D eigenvalue weighted by atomic mass is 35.5. The second kappa shape index (κ2) is 11.6. The van der Waals surface area contributed by atoms with E-state index in [0.717, 1.165) is 24.1 Å². The van der Waals surface area contributed by atoms with Crippen LogP contribution >= 0.6 is 23.2 Å². The predicted octanol–water partition coefficient (Wildman–Crippen LogP) is 5.53. The van der Waals surface area contributed by atoms with E-state index in [9.17, 15) is 0 Å². The summed E-state index contributed by atoms with van der Waals surface area (Å²) in [7, 11) is 1.61.